The molecule has 3 nitrogen and oxygen atoms in total. The fraction of sp³-hybridized carbons (Fsp3) is 0.462. The molecule has 1 N–H and O–H groups in total. The van der Waals surface area contributed by atoms with Gasteiger partial charge in [0.1, 0.15) is 0 Å². The van der Waals surface area contributed by atoms with Gasteiger partial charge in [0.15, 0.2) is 0 Å². The molecule has 3 heteroatoms. The van der Waals surface area contributed by atoms with Crippen molar-refractivity contribution < 1.29 is 14.6 Å². The highest BCUT2D eigenvalue weighted by molar-refractivity contribution is 5.87. The van der Waals surface area contributed by atoms with Crippen molar-refractivity contribution in [2.45, 2.75) is 32.3 Å². The van der Waals surface area contributed by atoms with Crippen LogP contribution in [0.3, 0.4) is 0 Å². The summed E-state index contributed by atoms with van der Waals surface area (Å²) in [6.07, 6.45) is 0.0724. The van der Waals surface area contributed by atoms with Gasteiger partial charge in [-0.1, -0.05) is 26.0 Å². The summed E-state index contributed by atoms with van der Waals surface area (Å²) in [7, 11) is 1.68. The van der Waals surface area contributed by atoms with Crippen molar-refractivity contribution in [1.82, 2.24) is 0 Å². The lowest BCUT2D eigenvalue weighted by Crippen LogP contribution is -2.32. The summed E-state index contributed by atoms with van der Waals surface area (Å²) >= 11 is 0. The third-order valence-corrected chi connectivity index (χ3v) is 3.25. The highest BCUT2D eigenvalue weighted by Gasteiger charge is 2.27. The van der Waals surface area contributed by atoms with Gasteiger partial charge in [-0.05, 0) is 24.6 Å². The van der Waals surface area contributed by atoms with E-state index in [0.29, 0.717) is 5.56 Å². The lowest BCUT2D eigenvalue weighted by atomic mass is 9.80. The van der Waals surface area contributed by atoms with Gasteiger partial charge in [0.2, 0.25) is 0 Å². The zero-order valence-electron chi connectivity index (χ0n) is 10.2. The molecule has 0 saturated heterocycles. The van der Waals surface area contributed by atoms with E-state index >= 15 is 0 Å². The zero-order valence-corrected chi connectivity index (χ0v) is 10.2. The van der Waals surface area contributed by atoms with Gasteiger partial charge in [0.05, 0.1) is 11.7 Å². The Morgan fingerprint density at radius 3 is 2.19 bits per heavy atom. The van der Waals surface area contributed by atoms with Crippen LogP contribution in [0.1, 0.15) is 36.7 Å². The van der Waals surface area contributed by atoms with Crippen LogP contribution in [0.2, 0.25) is 0 Å². The molecule has 0 heterocycles. The van der Waals surface area contributed by atoms with Gasteiger partial charge < -0.3 is 9.84 Å². The van der Waals surface area contributed by atoms with Crippen molar-refractivity contribution in [3.05, 3.63) is 35.4 Å². The Bertz CT molecular complexity index is 365. The molecule has 1 aromatic carbocycles. The van der Waals surface area contributed by atoms with Gasteiger partial charge in [-0.2, -0.15) is 0 Å². The molecule has 0 bridgehead atoms. The molecule has 16 heavy (non-hydrogen) atoms. The van der Waals surface area contributed by atoms with Crippen LogP contribution in [0.5, 0.6) is 0 Å². The van der Waals surface area contributed by atoms with Crippen LogP contribution in [0.15, 0.2) is 24.3 Å². The van der Waals surface area contributed by atoms with E-state index in [1.165, 1.54) is 0 Å². The number of ether oxygens (including phenoxy) is 1. The van der Waals surface area contributed by atoms with E-state index in [-0.39, 0.29) is 11.5 Å². The Hall–Kier alpha value is -1.35. The van der Waals surface area contributed by atoms with Crippen molar-refractivity contribution in [2.24, 2.45) is 0 Å². The number of rotatable bonds is 4. The molecule has 0 aliphatic carbocycles. The Morgan fingerprint density at radius 2 is 1.81 bits per heavy atom. The quantitative estimate of drug-likeness (QED) is 0.852. The highest BCUT2D eigenvalue weighted by Crippen LogP contribution is 2.28. The largest absolute Gasteiger partial charge is 0.478 e. The van der Waals surface area contributed by atoms with Gasteiger partial charge >= 0.3 is 5.97 Å². The molecular formula is C13H18O3. The Balaban J connectivity index is 3.01. The molecule has 0 spiro atoms. The molecule has 1 aromatic rings. The third-order valence-electron chi connectivity index (χ3n) is 3.25. The van der Waals surface area contributed by atoms with Crippen LogP contribution < -0.4 is 0 Å². The van der Waals surface area contributed by atoms with E-state index in [1.54, 1.807) is 19.2 Å². The summed E-state index contributed by atoms with van der Waals surface area (Å²) in [6, 6.07) is 6.95. The fourth-order valence-electron chi connectivity index (χ4n) is 1.57. The summed E-state index contributed by atoms with van der Waals surface area (Å²) < 4.78 is 5.33. The number of carbonyl (C=O) groups is 1. The topological polar surface area (TPSA) is 46.5 Å². The minimum Gasteiger partial charge on any atom is -0.478 e. The van der Waals surface area contributed by atoms with Crippen LogP contribution >= 0.6 is 0 Å². The Morgan fingerprint density at radius 1 is 1.31 bits per heavy atom. The average Bonchev–Trinajstić information content (AvgIpc) is 2.28. The first kappa shape index (κ1) is 12.7. The van der Waals surface area contributed by atoms with Gasteiger partial charge in [-0.25, -0.2) is 4.79 Å². The van der Waals surface area contributed by atoms with E-state index in [4.69, 9.17) is 9.84 Å². The van der Waals surface area contributed by atoms with Crippen molar-refractivity contribution in [3.63, 3.8) is 0 Å². The predicted octanol–water partition coefficient (Wildman–Crippen LogP) is 2.70. The van der Waals surface area contributed by atoms with Crippen LogP contribution in [0.25, 0.3) is 0 Å². The van der Waals surface area contributed by atoms with Crippen LogP contribution in [0.4, 0.5) is 0 Å². The number of hydrogen-bond donors (Lipinski definition) is 1. The number of carboxylic acids is 1. The minimum absolute atomic E-state index is 0.0724. The summed E-state index contributed by atoms with van der Waals surface area (Å²) in [5.41, 5.74) is 1.25. The van der Waals surface area contributed by atoms with E-state index in [0.717, 1.165) is 5.56 Å². The van der Waals surface area contributed by atoms with E-state index < -0.39 is 5.97 Å². The van der Waals surface area contributed by atoms with Crippen molar-refractivity contribution in [3.8, 4) is 0 Å². The molecule has 0 aromatic heterocycles. The first-order valence-corrected chi connectivity index (χ1v) is 5.26. The molecule has 0 fully saturated rings. The Kier molecular flexibility index (Phi) is 3.70. The lowest BCUT2D eigenvalue weighted by molar-refractivity contribution is 0.0607. The smallest absolute Gasteiger partial charge is 0.335 e. The van der Waals surface area contributed by atoms with Gasteiger partial charge in [0, 0.05) is 12.5 Å². The molecule has 0 aliphatic rings. The number of hydrogen-bond acceptors (Lipinski definition) is 2. The molecule has 1 rings (SSSR count). The Labute approximate surface area is 96.1 Å². The molecule has 0 radical (unpaired) electrons. The SMILES string of the molecule is COC(C)C(C)(C)c1ccc(C(=O)O)cc1. The molecule has 88 valence electrons. The highest BCUT2D eigenvalue weighted by atomic mass is 16.5. The average molecular weight is 222 g/mol. The number of benzene rings is 1. The standard InChI is InChI=1S/C13H18O3/c1-9(16-4)13(2,3)11-7-5-10(6-8-11)12(14)15/h5-9H,1-4H3,(H,14,15). The maximum atomic E-state index is 10.7. The van der Waals surface area contributed by atoms with Crippen molar-refractivity contribution in [2.75, 3.05) is 7.11 Å². The second kappa shape index (κ2) is 4.66. The lowest BCUT2D eigenvalue weighted by Gasteiger charge is -2.31. The maximum Gasteiger partial charge on any atom is 0.335 e. The summed E-state index contributed by atoms with van der Waals surface area (Å²) in [5.74, 6) is -0.899. The molecular weight excluding hydrogens is 204 g/mol. The summed E-state index contributed by atoms with van der Waals surface area (Å²) in [4.78, 5) is 10.7. The van der Waals surface area contributed by atoms with Gasteiger partial charge in [-0.3, -0.25) is 0 Å². The molecule has 1 unspecified atom stereocenters. The molecule has 1 atom stereocenters. The third kappa shape index (κ3) is 2.42. The zero-order chi connectivity index (χ0) is 12.3. The van der Waals surface area contributed by atoms with E-state index in [1.807, 2.05) is 19.1 Å². The van der Waals surface area contributed by atoms with E-state index in [2.05, 4.69) is 13.8 Å². The van der Waals surface area contributed by atoms with Gasteiger partial charge in [0.25, 0.3) is 0 Å². The second-order valence-electron chi connectivity index (χ2n) is 4.48. The van der Waals surface area contributed by atoms with Crippen molar-refractivity contribution in [1.29, 1.82) is 0 Å². The van der Waals surface area contributed by atoms with E-state index in [9.17, 15) is 4.79 Å². The number of carboxylic acid groups (broad SMARTS) is 1. The molecule has 0 amide bonds. The summed E-state index contributed by atoms with van der Waals surface area (Å²) in [6.45, 7) is 6.17. The predicted molar refractivity (Wildman–Crippen MR) is 62.9 cm³/mol. The maximum absolute atomic E-state index is 10.7. The van der Waals surface area contributed by atoms with Crippen LogP contribution in [-0.2, 0) is 10.2 Å². The molecule has 0 saturated carbocycles. The molecule has 0 aliphatic heterocycles. The first-order chi connectivity index (χ1) is 7.39. The van der Waals surface area contributed by atoms with Crippen molar-refractivity contribution >= 4 is 5.97 Å². The minimum atomic E-state index is -0.899. The van der Waals surface area contributed by atoms with Crippen LogP contribution in [0, 0.1) is 0 Å². The van der Waals surface area contributed by atoms with Crippen LogP contribution in [-0.4, -0.2) is 24.3 Å². The monoisotopic (exact) mass is 222 g/mol. The fourth-order valence-corrected chi connectivity index (χ4v) is 1.57. The normalized spacial score (nSPS) is 13.5. The first-order valence-electron chi connectivity index (χ1n) is 5.26. The summed E-state index contributed by atoms with van der Waals surface area (Å²) in [5, 5.41) is 8.81. The number of aromatic carboxylic acids is 1. The second-order valence-corrected chi connectivity index (χ2v) is 4.48. The van der Waals surface area contributed by atoms with Gasteiger partial charge in [-0.15, -0.1) is 0 Å². The number of methoxy groups -OCH3 is 1.